The van der Waals surface area contributed by atoms with Gasteiger partial charge in [0.2, 0.25) is 5.91 Å². The summed E-state index contributed by atoms with van der Waals surface area (Å²) in [5.74, 6) is 1.18. The summed E-state index contributed by atoms with van der Waals surface area (Å²) in [4.78, 5) is 12.5. The summed E-state index contributed by atoms with van der Waals surface area (Å²) in [5, 5.41) is 4.33. The summed E-state index contributed by atoms with van der Waals surface area (Å²) in [6.07, 6.45) is 4.17. The third-order valence-corrected chi connectivity index (χ3v) is 5.92. The minimum Gasteiger partial charge on any atom is -0.497 e. The predicted octanol–water partition coefficient (Wildman–Crippen LogP) is 3.54. The van der Waals surface area contributed by atoms with Crippen molar-refractivity contribution >= 4 is 17.2 Å². The molecule has 3 atom stereocenters. The molecule has 1 aliphatic heterocycles. The molecule has 2 aromatic rings. The molecule has 1 heterocycles. The zero-order valence-corrected chi connectivity index (χ0v) is 14.6. The molecule has 4 heteroatoms. The average Bonchev–Trinajstić information content (AvgIpc) is 3.07. The number of ether oxygens (including phenoxy) is 1. The Hall–Kier alpha value is -2.88. The van der Waals surface area contributed by atoms with Crippen LogP contribution in [0, 0.1) is 11.8 Å². The maximum Gasteiger partial charge on any atom is 0.249 e. The van der Waals surface area contributed by atoms with Crippen LogP contribution >= 0.6 is 0 Å². The first-order valence-corrected chi connectivity index (χ1v) is 9.07. The van der Waals surface area contributed by atoms with Crippen molar-refractivity contribution in [2.75, 3.05) is 7.11 Å². The maximum atomic E-state index is 12.5. The number of hydrogen-bond donors (Lipinski definition) is 1. The summed E-state index contributed by atoms with van der Waals surface area (Å²) in [6, 6.07) is 16.7. The molecule has 1 amide bonds. The molecule has 3 unspecified atom stereocenters. The Kier molecular flexibility index (Phi) is 3.45. The van der Waals surface area contributed by atoms with Crippen molar-refractivity contribution in [3.05, 3.63) is 71.3 Å². The van der Waals surface area contributed by atoms with Gasteiger partial charge in [-0.05, 0) is 59.2 Å². The third kappa shape index (κ3) is 2.22. The monoisotopic (exact) mass is 344 g/mol. The zero-order chi connectivity index (χ0) is 17.7. The number of aryl methyl sites for hydroxylation is 1. The Morgan fingerprint density at radius 1 is 1.15 bits per heavy atom. The molecule has 5 rings (SSSR count). The molecule has 0 bridgehead atoms. The Balaban J connectivity index is 1.67. The Morgan fingerprint density at radius 3 is 2.81 bits per heavy atom. The highest BCUT2D eigenvalue weighted by atomic mass is 16.5. The molecule has 1 N–H and O–H groups in total. The van der Waals surface area contributed by atoms with Crippen LogP contribution in [0.1, 0.15) is 29.0 Å². The standard InChI is InChI=1S/C22H20N2O2/c1-26-15-8-10-16-14(11-15)7-9-17-18(16)12-19-21(22(25)24-23-19)20(17)13-5-3-2-4-6-13/h2-6,8,10-12,17,20-21H,7,9H2,1H3,(H,24,25). The van der Waals surface area contributed by atoms with Gasteiger partial charge in [-0.15, -0.1) is 0 Å². The van der Waals surface area contributed by atoms with Gasteiger partial charge in [0.1, 0.15) is 5.75 Å². The fourth-order valence-corrected chi connectivity index (χ4v) is 4.76. The predicted molar refractivity (Wildman–Crippen MR) is 101 cm³/mol. The molecular formula is C22H20N2O2. The first-order valence-electron chi connectivity index (χ1n) is 9.07. The van der Waals surface area contributed by atoms with Crippen LogP contribution < -0.4 is 10.2 Å². The fraction of sp³-hybridized carbons (Fsp3) is 0.273. The second-order valence-electron chi connectivity index (χ2n) is 7.19. The first kappa shape index (κ1) is 15.4. The quantitative estimate of drug-likeness (QED) is 0.906. The number of nitrogens with zero attached hydrogens (tertiary/aromatic N) is 1. The SMILES string of the molecule is COc1ccc2c(c1)CCC1C2=CC2=NNC(=O)C2C1c1ccccc1. The van der Waals surface area contributed by atoms with Crippen molar-refractivity contribution in [2.24, 2.45) is 16.9 Å². The van der Waals surface area contributed by atoms with Crippen LogP contribution in [0.4, 0.5) is 0 Å². The lowest BCUT2D eigenvalue weighted by Gasteiger charge is -2.40. The molecule has 130 valence electrons. The summed E-state index contributed by atoms with van der Waals surface area (Å²) in [6.45, 7) is 0. The number of rotatable bonds is 2. The van der Waals surface area contributed by atoms with Crippen LogP contribution in [0.2, 0.25) is 0 Å². The lowest BCUT2D eigenvalue weighted by molar-refractivity contribution is -0.122. The summed E-state index contributed by atoms with van der Waals surface area (Å²) in [5.41, 5.74) is 8.66. The van der Waals surface area contributed by atoms with Crippen LogP contribution in [0.5, 0.6) is 5.75 Å². The van der Waals surface area contributed by atoms with E-state index in [1.165, 1.54) is 22.3 Å². The van der Waals surface area contributed by atoms with E-state index >= 15 is 0 Å². The van der Waals surface area contributed by atoms with E-state index in [1.54, 1.807) is 7.11 Å². The molecule has 2 aromatic carbocycles. The lowest BCUT2D eigenvalue weighted by Crippen LogP contribution is -2.37. The highest BCUT2D eigenvalue weighted by Gasteiger charge is 2.46. The van der Waals surface area contributed by atoms with Gasteiger partial charge < -0.3 is 4.74 Å². The van der Waals surface area contributed by atoms with Gasteiger partial charge in [0.15, 0.2) is 0 Å². The van der Waals surface area contributed by atoms with Crippen molar-refractivity contribution in [3.63, 3.8) is 0 Å². The lowest BCUT2D eigenvalue weighted by atomic mass is 9.62. The van der Waals surface area contributed by atoms with Gasteiger partial charge in [-0.1, -0.05) is 36.4 Å². The number of carbonyl (C=O) groups excluding carboxylic acids is 1. The number of methoxy groups -OCH3 is 1. The van der Waals surface area contributed by atoms with Gasteiger partial charge in [0, 0.05) is 5.92 Å². The van der Waals surface area contributed by atoms with Crippen molar-refractivity contribution in [3.8, 4) is 5.75 Å². The Labute approximate surface area is 152 Å². The fourth-order valence-electron chi connectivity index (χ4n) is 4.76. The molecular weight excluding hydrogens is 324 g/mol. The van der Waals surface area contributed by atoms with Gasteiger partial charge >= 0.3 is 0 Å². The Morgan fingerprint density at radius 2 is 2.00 bits per heavy atom. The number of carbonyl (C=O) groups is 1. The minimum absolute atomic E-state index is 0.0182. The topological polar surface area (TPSA) is 50.7 Å². The largest absolute Gasteiger partial charge is 0.497 e. The second kappa shape index (κ2) is 5.84. The molecule has 0 saturated carbocycles. The van der Waals surface area contributed by atoms with Gasteiger partial charge in [0.25, 0.3) is 0 Å². The van der Waals surface area contributed by atoms with Crippen LogP contribution in [-0.4, -0.2) is 18.7 Å². The molecule has 0 saturated heterocycles. The van der Waals surface area contributed by atoms with Gasteiger partial charge in [0.05, 0.1) is 18.7 Å². The van der Waals surface area contributed by atoms with Gasteiger partial charge in [-0.2, -0.15) is 5.10 Å². The molecule has 0 aromatic heterocycles. The van der Waals surface area contributed by atoms with Crippen molar-refractivity contribution in [1.82, 2.24) is 5.43 Å². The second-order valence-corrected chi connectivity index (χ2v) is 7.19. The molecule has 4 nitrogen and oxygen atoms in total. The molecule has 2 aliphatic carbocycles. The summed E-state index contributed by atoms with van der Waals surface area (Å²) >= 11 is 0. The first-order chi connectivity index (χ1) is 12.8. The number of fused-ring (bicyclic) bond motifs is 4. The van der Waals surface area contributed by atoms with E-state index in [-0.39, 0.29) is 17.7 Å². The van der Waals surface area contributed by atoms with Crippen LogP contribution in [0.15, 0.2) is 59.7 Å². The normalized spacial score (nSPS) is 26.0. The highest BCUT2D eigenvalue weighted by molar-refractivity contribution is 6.18. The van der Waals surface area contributed by atoms with Crippen LogP contribution in [0.3, 0.4) is 0 Å². The van der Waals surface area contributed by atoms with E-state index in [0.717, 1.165) is 24.3 Å². The zero-order valence-electron chi connectivity index (χ0n) is 14.6. The molecule has 0 fully saturated rings. The number of benzene rings is 2. The minimum atomic E-state index is -0.189. The van der Waals surface area contributed by atoms with E-state index in [0.29, 0.717) is 5.92 Å². The average molecular weight is 344 g/mol. The van der Waals surface area contributed by atoms with E-state index in [1.807, 2.05) is 12.1 Å². The molecule has 3 aliphatic rings. The van der Waals surface area contributed by atoms with Crippen molar-refractivity contribution in [1.29, 1.82) is 0 Å². The number of nitrogens with one attached hydrogen (secondary N) is 1. The summed E-state index contributed by atoms with van der Waals surface area (Å²) in [7, 11) is 1.70. The van der Waals surface area contributed by atoms with Crippen LogP contribution in [-0.2, 0) is 11.2 Å². The third-order valence-electron chi connectivity index (χ3n) is 5.92. The van der Waals surface area contributed by atoms with Crippen LogP contribution in [0.25, 0.3) is 5.57 Å². The number of allylic oxidation sites excluding steroid dienone is 2. The Bertz CT molecular complexity index is 946. The molecule has 0 spiro atoms. The highest BCUT2D eigenvalue weighted by Crippen LogP contribution is 2.51. The maximum absolute atomic E-state index is 12.5. The van der Waals surface area contributed by atoms with Gasteiger partial charge in [-0.25, -0.2) is 5.43 Å². The van der Waals surface area contributed by atoms with Crippen molar-refractivity contribution in [2.45, 2.75) is 18.8 Å². The molecule has 0 radical (unpaired) electrons. The van der Waals surface area contributed by atoms with E-state index in [4.69, 9.17) is 4.74 Å². The summed E-state index contributed by atoms with van der Waals surface area (Å²) < 4.78 is 5.39. The molecule has 26 heavy (non-hydrogen) atoms. The van der Waals surface area contributed by atoms with E-state index in [2.05, 4.69) is 53.0 Å². The number of hydrazone groups is 1. The smallest absolute Gasteiger partial charge is 0.249 e. The van der Waals surface area contributed by atoms with Gasteiger partial charge in [-0.3, -0.25) is 4.79 Å². The number of amides is 1. The van der Waals surface area contributed by atoms with Crippen molar-refractivity contribution < 1.29 is 9.53 Å². The van der Waals surface area contributed by atoms with E-state index in [9.17, 15) is 4.79 Å². The van der Waals surface area contributed by atoms with E-state index < -0.39 is 0 Å². The number of hydrogen-bond acceptors (Lipinski definition) is 3.